The van der Waals surface area contributed by atoms with Crippen molar-refractivity contribution in [2.75, 3.05) is 18.5 Å². The molecular weight excluding hydrogens is 256 g/mol. The van der Waals surface area contributed by atoms with Crippen LogP contribution in [-0.4, -0.2) is 23.4 Å². The summed E-state index contributed by atoms with van der Waals surface area (Å²) in [6.45, 7) is 9.07. The third-order valence-corrected chi connectivity index (χ3v) is 3.23. The highest BCUT2D eigenvalue weighted by Crippen LogP contribution is 2.23. The van der Waals surface area contributed by atoms with Crippen LogP contribution in [0.2, 0.25) is 0 Å². The minimum atomic E-state index is -0.177. The van der Waals surface area contributed by atoms with Gasteiger partial charge in [-0.05, 0) is 29.8 Å². The summed E-state index contributed by atoms with van der Waals surface area (Å²) in [5, 5.41) is 16.2. The Morgan fingerprint density at radius 3 is 2.53 bits per heavy atom. The molecule has 19 heavy (non-hydrogen) atoms. The van der Waals surface area contributed by atoms with Gasteiger partial charge in [-0.1, -0.05) is 45.9 Å². The number of hydrogen-bond acceptors (Lipinski definition) is 2. The van der Waals surface area contributed by atoms with Crippen LogP contribution in [0.4, 0.5) is 5.69 Å². The van der Waals surface area contributed by atoms with Crippen molar-refractivity contribution in [2.24, 2.45) is 5.41 Å². The Morgan fingerprint density at radius 2 is 1.95 bits per heavy atom. The van der Waals surface area contributed by atoms with E-state index in [1.54, 1.807) is 0 Å². The van der Waals surface area contributed by atoms with E-state index < -0.39 is 0 Å². The quantitative estimate of drug-likeness (QED) is 0.725. The molecule has 0 atom stereocenters. The second kappa shape index (κ2) is 6.87. The highest BCUT2D eigenvalue weighted by atomic mass is 32.1. The van der Waals surface area contributed by atoms with Crippen molar-refractivity contribution in [3.05, 3.63) is 29.8 Å². The first-order chi connectivity index (χ1) is 8.85. The highest BCUT2D eigenvalue weighted by molar-refractivity contribution is 7.80. The molecule has 1 aromatic rings. The molecule has 1 aromatic carbocycles. The van der Waals surface area contributed by atoms with Gasteiger partial charge in [0.25, 0.3) is 0 Å². The van der Waals surface area contributed by atoms with Gasteiger partial charge in [0.1, 0.15) is 0 Å². The van der Waals surface area contributed by atoms with E-state index in [-0.39, 0.29) is 12.0 Å². The Kier molecular flexibility index (Phi) is 5.76. The van der Waals surface area contributed by atoms with Gasteiger partial charge in [-0.2, -0.15) is 0 Å². The first kappa shape index (κ1) is 15.9. The van der Waals surface area contributed by atoms with Gasteiger partial charge < -0.3 is 15.7 Å². The van der Waals surface area contributed by atoms with Crippen LogP contribution in [0, 0.1) is 5.41 Å². The van der Waals surface area contributed by atoms with E-state index in [4.69, 9.17) is 12.2 Å². The van der Waals surface area contributed by atoms with Crippen LogP contribution in [0.15, 0.2) is 24.3 Å². The van der Waals surface area contributed by atoms with Crippen LogP contribution in [0.3, 0.4) is 0 Å². The molecule has 0 radical (unpaired) electrons. The standard InChI is InChI=1S/C15H24N2OS/c1-11(2)12-7-5-6-8-13(12)17-14(19)16-9-15(3,4)10-18/h5-8,11,18H,9-10H2,1-4H3,(H2,16,17,19). The van der Waals surface area contributed by atoms with Gasteiger partial charge in [0.15, 0.2) is 5.11 Å². The number of hydrogen-bond donors (Lipinski definition) is 3. The Labute approximate surface area is 121 Å². The van der Waals surface area contributed by atoms with Crippen molar-refractivity contribution in [1.29, 1.82) is 0 Å². The molecule has 4 heteroatoms. The Bertz CT molecular complexity index is 430. The second-order valence-corrected chi connectivity index (χ2v) is 6.28. The van der Waals surface area contributed by atoms with Gasteiger partial charge in [-0.3, -0.25) is 0 Å². The summed E-state index contributed by atoms with van der Waals surface area (Å²) in [7, 11) is 0. The normalized spacial score (nSPS) is 11.5. The summed E-state index contributed by atoms with van der Waals surface area (Å²) in [6, 6.07) is 8.16. The number of aliphatic hydroxyl groups excluding tert-OH is 1. The van der Waals surface area contributed by atoms with Crippen LogP contribution in [0.5, 0.6) is 0 Å². The molecule has 0 aliphatic rings. The first-order valence-electron chi connectivity index (χ1n) is 6.60. The van der Waals surface area contributed by atoms with E-state index in [9.17, 15) is 5.11 Å². The predicted molar refractivity (Wildman–Crippen MR) is 85.6 cm³/mol. The molecule has 3 N–H and O–H groups in total. The number of thiocarbonyl (C=S) groups is 1. The van der Waals surface area contributed by atoms with Crippen LogP contribution in [0.25, 0.3) is 0 Å². The number of rotatable bonds is 5. The fraction of sp³-hybridized carbons (Fsp3) is 0.533. The monoisotopic (exact) mass is 280 g/mol. The van der Waals surface area contributed by atoms with Crippen LogP contribution in [-0.2, 0) is 0 Å². The van der Waals surface area contributed by atoms with E-state index in [0.717, 1.165) is 5.69 Å². The maximum atomic E-state index is 9.21. The van der Waals surface area contributed by atoms with E-state index in [1.807, 2.05) is 32.0 Å². The van der Waals surface area contributed by atoms with Crippen LogP contribution in [0.1, 0.15) is 39.2 Å². The minimum absolute atomic E-state index is 0.130. The SMILES string of the molecule is CC(C)c1ccccc1NC(=S)NCC(C)(C)CO. The zero-order chi connectivity index (χ0) is 14.5. The third kappa shape index (κ3) is 5.17. The lowest BCUT2D eigenvalue weighted by molar-refractivity contribution is 0.162. The summed E-state index contributed by atoms with van der Waals surface area (Å²) in [5.41, 5.74) is 2.11. The minimum Gasteiger partial charge on any atom is -0.396 e. The molecule has 0 heterocycles. The van der Waals surface area contributed by atoms with Crippen LogP contribution >= 0.6 is 12.2 Å². The van der Waals surface area contributed by atoms with Crippen molar-refractivity contribution in [1.82, 2.24) is 5.32 Å². The average Bonchev–Trinajstić information content (AvgIpc) is 2.37. The summed E-state index contributed by atoms with van der Waals surface area (Å²) >= 11 is 5.29. The summed E-state index contributed by atoms with van der Waals surface area (Å²) in [6.07, 6.45) is 0. The Hall–Kier alpha value is -1.13. The molecule has 0 aromatic heterocycles. The number of aliphatic hydroxyl groups is 1. The number of para-hydroxylation sites is 1. The summed E-state index contributed by atoms with van der Waals surface area (Å²) < 4.78 is 0. The van der Waals surface area contributed by atoms with Crippen molar-refractivity contribution in [2.45, 2.75) is 33.6 Å². The largest absolute Gasteiger partial charge is 0.396 e. The Balaban J connectivity index is 2.63. The molecule has 0 bridgehead atoms. The van der Waals surface area contributed by atoms with Gasteiger partial charge >= 0.3 is 0 Å². The predicted octanol–water partition coefficient (Wildman–Crippen LogP) is 3.11. The van der Waals surface area contributed by atoms with E-state index in [0.29, 0.717) is 17.6 Å². The molecule has 0 saturated carbocycles. The lowest BCUT2D eigenvalue weighted by Gasteiger charge is -2.23. The van der Waals surface area contributed by atoms with Crippen molar-refractivity contribution in [3.63, 3.8) is 0 Å². The molecule has 0 unspecified atom stereocenters. The van der Waals surface area contributed by atoms with Gasteiger partial charge in [-0.25, -0.2) is 0 Å². The highest BCUT2D eigenvalue weighted by Gasteiger charge is 2.16. The van der Waals surface area contributed by atoms with Crippen molar-refractivity contribution >= 4 is 23.0 Å². The van der Waals surface area contributed by atoms with E-state index in [2.05, 4.69) is 30.5 Å². The molecule has 1 rings (SSSR count). The van der Waals surface area contributed by atoms with Crippen molar-refractivity contribution in [3.8, 4) is 0 Å². The smallest absolute Gasteiger partial charge is 0.170 e. The summed E-state index contributed by atoms with van der Waals surface area (Å²) in [4.78, 5) is 0. The zero-order valence-corrected chi connectivity index (χ0v) is 13.0. The molecule has 0 saturated heterocycles. The number of nitrogens with one attached hydrogen (secondary N) is 2. The van der Waals surface area contributed by atoms with Crippen molar-refractivity contribution < 1.29 is 5.11 Å². The maximum Gasteiger partial charge on any atom is 0.170 e. The van der Waals surface area contributed by atoms with Gasteiger partial charge in [-0.15, -0.1) is 0 Å². The molecule has 106 valence electrons. The molecule has 3 nitrogen and oxygen atoms in total. The Morgan fingerprint density at radius 1 is 1.32 bits per heavy atom. The van der Waals surface area contributed by atoms with E-state index >= 15 is 0 Å². The lowest BCUT2D eigenvalue weighted by atomic mass is 9.95. The fourth-order valence-corrected chi connectivity index (χ4v) is 1.84. The fourth-order valence-electron chi connectivity index (χ4n) is 1.66. The molecule has 0 aliphatic heterocycles. The lowest BCUT2D eigenvalue weighted by Crippen LogP contribution is -2.38. The van der Waals surface area contributed by atoms with Gasteiger partial charge in [0, 0.05) is 24.3 Å². The van der Waals surface area contributed by atoms with Gasteiger partial charge in [0.05, 0.1) is 0 Å². The maximum absolute atomic E-state index is 9.21. The number of benzene rings is 1. The topological polar surface area (TPSA) is 44.3 Å². The third-order valence-electron chi connectivity index (χ3n) is 2.99. The molecular formula is C15H24N2OS. The second-order valence-electron chi connectivity index (χ2n) is 5.87. The molecule has 0 aliphatic carbocycles. The van der Waals surface area contributed by atoms with Gasteiger partial charge in [0.2, 0.25) is 0 Å². The molecule has 0 spiro atoms. The number of anilines is 1. The average molecular weight is 280 g/mol. The zero-order valence-electron chi connectivity index (χ0n) is 12.2. The molecule has 0 amide bonds. The first-order valence-corrected chi connectivity index (χ1v) is 7.01. The molecule has 0 fully saturated rings. The summed E-state index contributed by atoms with van der Waals surface area (Å²) in [5.74, 6) is 0.445. The van der Waals surface area contributed by atoms with E-state index in [1.165, 1.54) is 5.56 Å². The van der Waals surface area contributed by atoms with Crippen LogP contribution < -0.4 is 10.6 Å².